The van der Waals surface area contributed by atoms with Crippen molar-refractivity contribution in [1.82, 2.24) is 10.5 Å². The number of amides is 1. The summed E-state index contributed by atoms with van der Waals surface area (Å²) < 4.78 is 11.6. The predicted octanol–water partition coefficient (Wildman–Crippen LogP) is 6.27. The first-order valence-electron chi connectivity index (χ1n) is 12.3. The zero-order chi connectivity index (χ0) is 26.0. The van der Waals surface area contributed by atoms with Gasteiger partial charge >= 0.3 is 12.1 Å². The molecule has 0 saturated heterocycles. The Morgan fingerprint density at radius 1 is 0.973 bits per heavy atom. The number of benzene rings is 3. The van der Waals surface area contributed by atoms with E-state index in [-0.39, 0.29) is 0 Å². The number of aliphatic carboxylic acids is 1. The lowest BCUT2D eigenvalue weighted by molar-refractivity contribution is -0.140. The zero-order valence-corrected chi connectivity index (χ0v) is 20.7. The largest absolute Gasteiger partial charge is 0.481 e. The molecule has 1 saturated carbocycles. The van der Waals surface area contributed by atoms with Gasteiger partial charge in [-0.05, 0) is 48.9 Å². The van der Waals surface area contributed by atoms with Crippen LogP contribution in [0.5, 0.6) is 0 Å². The number of nitrogens with one attached hydrogen (secondary N) is 1. The number of carbonyl (C=O) groups excluding carboxylic acids is 1. The van der Waals surface area contributed by atoms with E-state index in [9.17, 15) is 14.7 Å². The van der Waals surface area contributed by atoms with Crippen LogP contribution < -0.4 is 5.32 Å². The van der Waals surface area contributed by atoms with Gasteiger partial charge < -0.3 is 19.7 Å². The highest BCUT2D eigenvalue weighted by molar-refractivity contribution is 5.85. The van der Waals surface area contributed by atoms with Crippen molar-refractivity contribution >= 4 is 12.1 Å². The summed E-state index contributed by atoms with van der Waals surface area (Å²) in [5.74, 6) is -0.220. The van der Waals surface area contributed by atoms with Gasteiger partial charge in [0, 0.05) is 12.1 Å². The van der Waals surface area contributed by atoms with Crippen LogP contribution in [0, 0.1) is 6.92 Å². The number of rotatable bonds is 8. The molecule has 1 heterocycles. The van der Waals surface area contributed by atoms with E-state index in [1.54, 1.807) is 0 Å². The lowest BCUT2D eigenvalue weighted by Crippen LogP contribution is -2.26. The molecule has 7 nitrogen and oxygen atoms in total. The molecule has 4 aromatic rings. The minimum absolute atomic E-state index is 0.454. The molecule has 37 heavy (non-hydrogen) atoms. The van der Waals surface area contributed by atoms with E-state index in [1.807, 2.05) is 92.7 Å². The molecule has 1 aromatic heterocycles. The summed E-state index contributed by atoms with van der Waals surface area (Å²) in [5, 5.41) is 16.4. The fraction of sp³-hybridized carbons (Fsp3) is 0.233. The van der Waals surface area contributed by atoms with Crippen molar-refractivity contribution in [3.05, 3.63) is 101 Å². The Labute approximate surface area is 215 Å². The molecule has 0 unspecified atom stereocenters. The predicted molar refractivity (Wildman–Crippen MR) is 139 cm³/mol. The minimum atomic E-state index is -0.757. The van der Waals surface area contributed by atoms with Crippen molar-refractivity contribution in [3.63, 3.8) is 0 Å². The van der Waals surface area contributed by atoms with Crippen molar-refractivity contribution in [3.8, 4) is 22.5 Å². The van der Waals surface area contributed by atoms with Gasteiger partial charge in [-0.15, -0.1) is 0 Å². The monoisotopic (exact) mass is 496 g/mol. The van der Waals surface area contributed by atoms with Crippen LogP contribution in [0.1, 0.15) is 48.3 Å². The lowest BCUT2D eigenvalue weighted by Gasteiger charge is -2.19. The van der Waals surface area contributed by atoms with E-state index in [4.69, 9.17) is 9.26 Å². The second kappa shape index (κ2) is 9.93. The summed E-state index contributed by atoms with van der Waals surface area (Å²) in [6.07, 6.45) is 0.162. The molecule has 1 aliphatic carbocycles. The summed E-state index contributed by atoms with van der Waals surface area (Å²) in [5.41, 5.74) is 5.07. The first kappa shape index (κ1) is 24.3. The van der Waals surface area contributed by atoms with Crippen molar-refractivity contribution in [2.45, 2.75) is 38.2 Å². The number of hydrogen-bond donors (Lipinski definition) is 2. The number of ether oxygens (including phenoxy) is 1. The third kappa shape index (κ3) is 4.72. The standard InChI is InChI=1S/C30H28N2O5/c1-3-31-29(35)36-26(22-7-5-4-6-8-22)25-19(2)32-37-27(25)23-11-9-20(10-12-23)21-13-15-24(16-14-21)30(17-18-30)28(33)34/h4-16,26H,3,17-18H2,1-2H3,(H,31,35)(H,33,34)/t26-/m1/s1. The molecule has 188 valence electrons. The van der Waals surface area contributed by atoms with Gasteiger partial charge in [-0.2, -0.15) is 0 Å². The zero-order valence-electron chi connectivity index (χ0n) is 20.7. The molecule has 0 spiro atoms. The van der Waals surface area contributed by atoms with Crippen LogP contribution in [0.15, 0.2) is 83.4 Å². The molecule has 1 amide bonds. The van der Waals surface area contributed by atoms with Crippen molar-refractivity contribution < 1.29 is 24.0 Å². The fourth-order valence-corrected chi connectivity index (χ4v) is 4.66. The van der Waals surface area contributed by atoms with Gasteiger partial charge in [0.15, 0.2) is 11.9 Å². The van der Waals surface area contributed by atoms with Crippen LogP contribution in [-0.2, 0) is 14.9 Å². The first-order valence-corrected chi connectivity index (χ1v) is 12.3. The Morgan fingerprint density at radius 3 is 2.14 bits per heavy atom. The van der Waals surface area contributed by atoms with Gasteiger partial charge in [-0.1, -0.05) is 84.0 Å². The van der Waals surface area contributed by atoms with Crippen LogP contribution in [0.2, 0.25) is 0 Å². The number of carboxylic acid groups (broad SMARTS) is 1. The molecule has 0 bridgehead atoms. The normalized spacial score (nSPS) is 14.5. The van der Waals surface area contributed by atoms with Crippen LogP contribution in [-0.4, -0.2) is 28.9 Å². The summed E-state index contributed by atoms with van der Waals surface area (Å²) in [4.78, 5) is 24.0. The first-order chi connectivity index (χ1) is 17.9. The summed E-state index contributed by atoms with van der Waals surface area (Å²) in [6.45, 7) is 4.12. The van der Waals surface area contributed by atoms with Gasteiger partial charge in [0.05, 0.1) is 16.7 Å². The van der Waals surface area contributed by atoms with E-state index in [0.717, 1.165) is 27.8 Å². The molecule has 1 atom stereocenters. The molecular formula is C30H28N2O5. The highest BCUT2D eigenvalue weighted by Gasteiger charge is 2.51. The number of carbonyl (C=O) groups is 2. The van der Waals surface area contributed by atoms with E-state index in [0.29, 0.717) is 36.4 Å². The molecule has 2 N–H and O–H groups in total. The van der Waals surface area contributed by atoms with E-state index >= 15 is 0 Å². The fourth-order valence-electron chi connectivity index (χ4n) is 4.66. The number of hydrogen-bond acceptors (Lipinski definition) is 5. The summed E-state index contributed by atoms with van der Waals surface area (Å²) in [7, 11) is 0. The van der Waals surface area contributed by atoms with Gasteiger partial charge in [0.25, 0.3) is 0 Å². The second-order valence-corrected chi connectivity index (χ2v) is 9.28. The molecule has 7 heteroatoms. The lowest BCUT2D eigenvalue weighted by atomic mass is 9.93. The van der Waals surface area contributed by atoms with E-state index in [2.05, 4.69) is 10.5 Å². The van der Waals surface area contributed by atoms with Crippen LogP contribution >= 0.6 is 0 Å². The van der Waals surface area contributed by atoms with Crippen LogP contribution in [0.4, 0.5) is 4.79 Å². The number of nitrogens with zero attached hydrogens (tertiary/aromatic N) is 1. The molecule has 3 aromatic carbocycles. The maximum Gasteiger partial charge on any atom is 0.408 e. The van der Waals surface area contributed by atoms with Gasteiger partial charge in [-0.25, -0.2) is 4.79 Å². The average molecular weight is 497 g/mol. The van der Waals surface area contributed by atoms with Crippen molar-refractivity contribution in [2.75, 3.05) is 6.54 Å². The second-order valence-electron chi connectivity index (χ2n) is 9.28. The smallest absolute Gasteiger partial charge is 0.408 e. The summed E-state index contributed by atoms with van der Waals surface area (Å²) in [6, 6.07) is 25.1. The van der Waals surface area contributed by atoms with Crippen LogP contribution in [0.3, 0.4) is 0 Å². The molecular weight excluding hydrogens is 468 g/mol. The topological polar surface area (TPSA) is 102 Å². The third-order valence-electron chi connectivity index (χ3n) is 6.90. The number of aromatic nitrogens is 1. The molecule has 1 aliphatic rings. The Kier molecular flexibility index (Phi) is 6.53. The number of carboxylic acids is 1. The Balaban J connectivity index is 1.45. The van der Waals surface area contributed by atoms with Crippen molar-refractivity contribution in [1.29, 1.82) is 0 Å². The Bertz CT molecular complexity index is 1400. The molecule has 0 radical (unpaired) electrons. The van der Waals surface area contributed by atoms with Crippen LogP contribution in [0.25, 0.3) is 22.5 Å². The van der Waals surface area contributed by atoms with E-state index in [1.165, 1.54) is 0 Å². The van der Waals surface area contributed by atoms with E-state index < -0.39 is 23.6 Å². The average Bonchev–Trinajstić information content (AvgIpc) is 3.65. The highest BCUT2D eigenvalue weighted by atomic mass is 16.6. The quantitative estimate of drug-likeness (QED) is 0.298. The molecule has 5 rings (SSSR count). The number of aryl methyl sites for hydroxylation is 1. The highest BCUT2D eigenvalue weighted by Crippen LogP contribution is 2.48. The maximum absolute atomic E-state index is 12.4. The van der Waals surface area contributed by atoms with Gasteiger partial charge in [-0.3, -0.25) is 4.79 Å². The molecule has 0 aliphatic heterocycles. The minimum Gasteiger partial charge on any atom is -0.481 e. The SMILES string of the molecule is CCNC(=O)O[C@H](c1ccccc1)c1c(C)noc1-c1ccc(-c2ccc(C3(C(=O)O)CC3)cc2)cc1. The Morgan fingerprint density at radius 2 is 1.57 bits per heavy atom. The van der Waals surface area contributed by atoms with Crippen molar-refractivity contribution in [2.24, 2.45) is 0 Å². The van der Waals surface area contributed by atoms with Gasteiger partial charge in [0.2, 0.25) is 0 Å². The maximum atomic E-state index is 12.4. The number of alkyl carbamates (subject to hydrolysis) is 1. The third-order valence-corrected chi connectivity index (χ3v) is 6.90. The molecule has 1 fully saturated rings. The Hall–Kier alpha value is -4.39. The summed E-state index contributed by atoms with van der Waals surface area (Å²) >= 11 is 0. The van der Waals surface area contributed by atoms with Gasteiger partial charge in [0.1, 0.15) is 0 Å².